The lowest BCUT2D eigenvalue weighted by Gasteiger charge is -2.22. The molecule has 0 aliphatic heterocycles. The summed E-state index contributed by atoms with van der Waals surface area (Å²) in [6.07, 6.45) is 3.20. The summed E-state index contributed by atoms with van der Waals surface area (Å²) in [5, 5.41) is 29.6. The number of hydrogen-bond donors (Lipinski definition) is 1. The van der Waals surface area contributed by atoms with Gasteiger partial charge in [0, 0.05) is 32.7 Å². The topological polar surface area (TPSA) is 131 Å². The lowest BCUT2D eigenvalue weighted by molar-refractivity contribution is 0.395. The number of nitrogens with zero attached hydrogens (tertiary/aromatic N) is 6. The standard InChI is InChI=1S/C23H32N6O4S/c1-6-8-14-28(15-9-7-2)34(32,33)20-13-11-10-12-19(20)25-26-21-17(3)18(16-24)22(30)29(23(21)31)27(4)5/h10-13,31H,6-9,14-15H2,1-5H3/b26-25+. The Hall–Kier alpha value is -3.23. The van der Waals surface area contributed by atoms with Gasteiger partial charge in [-0.3, -0.25) is 4.79 Å². The van der Waals surface area contributed by atoms with Gasteiger partial charge in [0.1, 0.15) is 22.2 Å². The normalized spacial score (nSPS) is 11.8. The average molecular weight is 489 g/mol. The SMILES string of the molecule is CCCCN(CCCC)S(=O)(=O)c1ccccc1/N=N/c1c(C)c(C#N)c(=O)n(N(C)C)c1O. The molecule has 0 fully saturated rings. The van der Waals surface area contributed by atoms with E-state index in [1.807, 2.05) is 19.9 Å². The minimum atomic E-state index is -3.84. The number of rotatable bonds is 11. The highest BCUT2D eigenvalue weighted by Gasteiger charge is 2.27. The average Bonchev–Trinajstić information content (AvgIpc) is 2.79. The van der Waals surface area contributed by atoms with Crippen molar-refractivity contribution in [3.8, 4) is 11.9 Å². The van der Waals surface area contributed by atoms with Crippen molar-refractivity contribution in [2.45, 2.75) is 51.3 Å². The molecule has 0 amide bonds. The van der Waals surface area contributed by atoms with Crippen molar-refractivity contribution in [2.24, 2.45) is 10.2 Å². The largest absolute Gasteiger partial charge is 0.492 e. The van der Waals surface area contributed by atoms with Gasteiger partial charge in [-0.1, -0.05) is 38.8 Å². The Morgan fingerprint density at radius 3 is 2.21 bits per heavy atom. The summed E-state index contributed by atoms with van der Waals surface area (Å²) < 4.78 is 29.3. The predicted octanol–water partition coefficient (Wildman–Crippen LogP) is 3.94. The Morgan fingerprint density at radius 1 is 1.09 bits per heavy atom. The third-order valence-electron chi connectivity index (χ3n) is 5.32. The molecule has 1 N–H and O–H groups in total. The minimum Gasteiger partial charge on any atom is -0.492 e. The van der Waals surface area contributed by atoms with Crippen molar-refractivity contribution < 1.29 is 13.5 Å². The number of azo groups is 1. The summed E-state index contributed by atoms with van der Waals surface area (Å²) in [4.78, 5) is 12.5. The molecule has 0 saturated heterocycles. The second-order valence-electron chi connectivity index (χ2n) is 8.03. The van der Waals surface area contributed by atoms with Crippen molar-refractivity contribution in [3.05, 3.63) is 45.7 Å². The first kappa shape index (κ1) is 27.0. The van der Waals surface area contributed by atoms with Crippen LogP contribution in [0.3, 0.4) is 0 Å². The van der Waals surface area contributed by atoms with Gasteiger partial charge in [0.25, 0.3) is 5.56 Å². The number of unbranched alkanes of at least 4 members (excludes halogenated alkanes) is 2. The third kappa shape index (κ3) is 5.63. The number of sulfonamides is 1. The van der Waals surface area contributed by atoms with Crippen LogP contribution < -0.4 is 10.6 Å². The van der Waals surface area contributed by atoms with E-state index in [-0.39, 0.29) is 27.4 Å². The molecule has 0 unspecified atom stereocenters. The van der Waals surface area contributed by atoms with E-state index in [1.54, 1.807) is 12.1 Å². The summed E-state index contributed by atoms with van der Waals surface area (Å²) >= 11 is 0. The van der Waals surface area contributed by atoms with Crippen LogP contribution in [0.4, 0.5) is 11.4 Å². The van der Waals surface area contributed by atoms with E-state index in [0.717, 1.165) is 30.4 Å². The molecule has 2 rings (SSSR count). The van der Waals surface area contributed by atoms with E-state index in [4.69, 9.17) is 0 Å². The first-order valence-electron chi connectivity index (χ1n) is 11.2. The maximum atomic E-state index is 13.5. The molecule has 0 spiro atoms. The summed E-state index contributed by atoms with van der Waals surface area (Å²) in [6, 6.07) is 8.10. The van der Waals surface area contributed by atoms with E-state index in [9.17, 15) is 23.6 Å². The lowest BCUT2D eigenvalue weighted by atomic mass is 10.1. The van der Waals surface area contributed by atoms with Gasteiger partial charge < -0.3 is 10.1 Å². The van der Waals surface area contributed by atoms with E-state index in [2.05, 4.69) is 10.2 Å². The quantitative estimate of drug-likeness (QED) is 0.477. The molecule has 0 atom stereocenters. The summed E-state index contributed by atoms with van der Waals surface area (Å²) in [7, 11) is -0.782. The van der Waals surface area contributed by atoms with Gasteiger partial charge in [0.2, 0.25) is 15.9 Å². The third-order valence-corrected chi connectivity index (χ3v) is 7.27. The van der Waals surface area contributed by atoms with E-state index in [0.29, 0.717) is 13.1 Å². The van der Waals surface area contributed by atoms with Gasteiger partial charge in [0.05, 0.1) is 0 Å². The van der Waals surface area contributed by atoms with Crippen LogP contribution in [0.1, 0.15) is 50.7 Å². The van der Waals surface area contributed by atoms with Crippen molar-refractivity contribution in [1.82, 2.24) is 8.98 Å². The molecule has 184 valence electrons. The Kier molecular flexibility index (Phi) is 9.35. The van der Waals surface area contributed by atoms with Crippen LogP contribution in [0.25, 0.3) is 0 Å². The Balaban J connectivity index is 2.62. The van der Waals surface area contributed by atoms with Crippen LogP contribution in [-0.4, -0.2) is 49.7 Å². The fourth-order valence-electron chi connectivity index (χ4n) is 3.39. The molecule has 1 aromatic heterocycles. The van der Waals surface area contributed by atoms with E-state index >= 15 is 0 Å². The lowest BCUT2D eigenvalue weighted by Crippen LogP contribution is -2.37. The summed E-state index contributed by atoms with van der Waals surface area (Å²) in [5.41, 5.74) is -0.718. The molecule has 11 heteroatoms. The molecular weight excluding hydrogens is 456 g/mol. The van der Waals surface area contributed by atoms with Gasteiger partial charge in [-0.2, -0.15) is 14.2 Å². The number of aromatic hydroxyl groups is 1. The van der Waals surface area contributed by atoms with Gasteiger partial charge in [-0.15, -0.1) is 10.2 Å². The van der Waals surface area contributed by atoms with Crippen molar-refractivity contribution in [2.75, 3.05) is 32.2 Å². The molecule has 34 heavy (non-hydrogen) atoms. The van der Waals surface area contributed by atoms with Gasteiger partial charge in [-0.05, 0) is 31.9 Å². The fourth-order valence-corrected chi connectivity index (χ4v) is 5.03. The van der Waals surface area contributed by atoms with Crippen molar-refractivity contribution >= 4 is 21.4 Å². The fraction of sp³-hybridized carbons (Fsp3) is 0.478. The molecule has 0 radical (unpaired) electrons. The predicted molar refractivity (Wildman–Crippen MR) is 131 cm³/mol. The zero-order chi connectivity index (χ0) is 25.5. The van der Waals surface area contributed by atoms with Crippen LogP contribution in [-0.2, 0) is 10.0 Å². The number of hydrogen-bond acceptors (Lipinski definition) is 8. The Labute approximate surface area is 200 Å². The molecule has 0 bridgehead atoms. The zero-order valence-electron chi connectivity index (χ0n) is 20.3. The molecular formula is C23H32N6O4S. The molecule has 2 aromatic rings. The first-order chi connectivity index (χ1) is 16.1. The van der Waals surface area contributed by atoms with Crippen LogP contribution in [0.5, 0.6) is 5.88 Å². The number of nitriles is 1. The number of benzene rings is 1. The van der Waals surface area contributed by atoms with Crippen LogP contribution in [0.15, 0.2) is 44.2 Å². The van der Waals surface area contributed by atoms with Crippen molar-refractivity contribution in [1.29, 1.82) is 5.26 Å². The van der Waals surface area contributed by atoms with Gasteiger partial charge in [-0.25, -0.2) is 8.42 Å². The smallest absolute Gasteiger partial charge is 0.290 e. The molecule has 0 aliphatic rings. The molecule has 0 saturated carbocycles. The molecule has 0 aliphatic carbocycles. The van der Waals surface area contributed by atoms with Gasteiger partial charge >= 0.3 is 0 Å². The highest BCUT2D eigenvalue weighted by atomic mass is 32.2. The molecule has 1 aromatic carbocycles. The second kappa shape index (κ2) is 11.8. The summed E-state index contributed by atoms with van der Waals surface area (Å²) in [6.45, 7) is 6.30. The number of aromatic nitrogens is 1. The van der Waals surface area contributed by atoms with Gasteiger partial charge in [0.15, 0.2) is 5.69 Å². The first-order valence-corrected chi connectivity index (χ1v) is 12.6. The van der Waals surface area contributed by atoms with Crippen LogP contribution >= 0.6 is 0 Å². The van der Waals surface area contributed by atoms with Crippen LogP contribution in [0.2, 0.25) is 0 Å². The molecule has 1 heterocycles. The Morgan fingerprint density at radius 2 is 1.68 bits per heavy atom. The molecule has 10 nitrogen and oxygen atoms in total. The maximum Gasteiger partial charge on any atom is 0.290 e. The highest BCUT2D eigenvalue weighted by molar-refractivity contribution is 7.89. The zero-order valence-corrected chi connectivity index (χ0v) is 21.1. The van der Waals surface area contributed by atoms with E-state index < -0.39 is 21.5 Å². The minimum absolute atomic E-state index is 0.00420. The maximum absolute atomic E-state index is 13.5. The Bertz CT molecular complexity index is 1240. The second-order valence-corrected chi connectivity index (χ2v) is 9.93. The van der Waals surface area contributed by atoms with Crippen LogP contribution in [0, 0.1) is 18.3 Å². The highest BCUT2D eigenvalue weighted by Crippen LogP contribution is 2.34. The van der Waals surface area contributed by atoms with E-state index in [1.165, 1.54) is 42.5 Å². The number of pyridine rings is 1. The van der Waals surface area contributed by atoms with Crippen molar-refractivity contribution in [3.63, 3.8) is 0 Å². The summed E-state index contributed by atoms with van der Waals surface area (Å²) in [5.74, 6) is -0.497. The monoisotopic (exact) mass is 488 g/mol.